The van der Waals surface area contributed by atoms with E-state index in [1.807, 2.05) is 0 Å². The van der Waals surface area contributed by atoms with Crippen LogP contribution in [-0.2, 0) is 0 Å². The number of rotatable bonds is 1. The minimum atomic E-state index is -1.33. The molecule has 4 N–H and O–H groups in total. The second-order valence-electron chi connectivity index (χ2n) is 2.84. The van der Waals surface area contributed by atoms with E-state index in [2.05, 4.69) is 10.2 Å². The Bertz CT molecular complexity index is 558. The Labute approximate surface area is 94.4 Å². The van der Waals surface area contributed by atoms with E-state index in [1.54, 1.807) is 12.1 Å². The zero-order valence-electron chi connectivity index (χ0n) is 7.81. The lowest BCUT2D eigenvalue weighted by Crippen LogP contribution is -2.03. The molecule has 0 aliphatic rings. The predicted octanol–water partition coefficient (Wildman–Crippen LogP) is 0.862. The summed E-state index contributed by atoms with van der Waals surface area (Å²) in [6, 6.07) is 4.70. The van der Waals surface area contributed by atoms with Gasteiger partial charge in [0.1, 0.15) is 5.52 Å². The molecule has 0 unspecified atom stereocenters. The summed E-state index contributed by atoms with van der Waals surface area (Å²) in [6.45, 7) is 0. The maximum Gasteiger partial charge on any atom is 0.360 e. The molecule has 1 aromatic heterocycles. The highest BCUT2D eigenvalue weighted by molar-refractivity contribution is 6.35. The molecule has 0 fully saturated rings. The van der Waals surface area contributed by atoms with Crippen molar-refractivity contribution >= 4 is 28.5 Å². The molecule has 0 saturated heterocycles. The number of aromatic carboxylic acids is 1. The summed E-state index contributed by atoms with van der Waals surface area (Å²) in [5, 5.41) is 25.9. The number of hydrogen-bond donors (Lipinski definition) is 2. The Morgan fingerprint density at radius 2 is 2.00 bits per heavy atom. The normalized spacial score (nSPS) is 9.81. The summed E-state index contributed by atoms with van der Waals surface area (Å²) in [6.07, 6.45) is 0. The molecule has 0 spiro atoms. The van der Waals surface area contributed by atoms with Crippen LogP contribution in [0, 0.1) is 0 Å². The van der Waals surface area contributed by atoms with Crippen molar-refractivity contribution in [1.82, 2.24) is 10.2 Å². The molecule has 0 radical (unpaired) electrons. The lowest BCUT2D eigenvalue weighted by atomic mass is 10.2. The number of fused-ring (bicyclic) bond motifs is 1. The first-order valence-electron chi connectivity index (χ1n) is 3.98. The van der Waals surface area contributed by atoms with Crippen LogP contribution in [0.25, 0.3) is 10.9 Å². The van der Waals surface area contributed by atoms with Crippen molar-refractivity contribution in [2.75, 3.05) is 0 Å². The minimum Gasteiger partial charge on any atom is -0.505 e. The number of carbonyl (C=O) groups is 1. The molecule has 1 heterocycles. The van der Waals surface area contributed by atoms with Crippen molar-refractivity contribution in [2.45, 2.75) is 0 Å². The molecule has 6 nitrogen and oxygen atoms in total. The molecule has 0 amide bonds. The van der Waals surface area contributed by atoms with Gasteiger partial charge in [-0.15, -0.1) is 10.2 Å². The van der Waals surface area contributed by atoms with Crippen LogP contribution in [0.15, 0.2) is 18.2 Å². The highest BCUT2D eigenvalue weighted by Gasteiger charge is 2.16. The Hall–Kier alpha value is -1.92. The van der Waals surface area contributed by atoms with Gasteiger partial charge in [0.05, 0.1) is 5.02 Å². The van der Waals surface area contributed by atoms with Crippen LogP contribution in [0.4, 0.5) is 0 Å². The third-order valence-electron chi connectivity index (χ3n) is 1.92. The van der Waals surface area contributed by atoms with E-state index in [4.69, 9.17) is 16.7 Å². The molecule has 84 valence electrons. The van der Waals surface area contributed by atoms with Crippen molar-refractivity contribution in [3.63, 3.8) is 0 Å². The molecule has 1 aromatic carbocycles. The maximum atomic E-state index is 10.7. The predicted molar refractivity (Wildman–Crippen MR) is 56.8 cm³/mol. The van der Waals surface area contributed by atoms with Crippen molar-refractivity contribution in [1.29, 1.82) is 0 Å². The van der Waals surface area contributed by atoms with Crippen molar-refractivity contribution in [3.8, 4) is 5.75 Å². The number of benzene rings is 1. The van der Waals surface area contributed by atoms with Crippen molar-refractivity contribution in [2.24, 2.45) is 0 Å². The Kier molecular flexibility index (Phi) is 3.26. The maximum absolute atomic E-state index is 10.7. The summed E-state index contributed by atoms with van der Waals surface area (Å²) in [7, 11) is 0. The molecule has 2 rings (SSSR count). The lowest BCUT2D eigenvalue weighted by Gasteiger charge is -2.02. The second kappa shape index (κ2) is 4.30. The van der Waals surface area contributed by atoms with Crippen LogP contribution in [0.3, 0.4) is 0 Å². The van der Waals surface area contributed by atoms with Crippen LogP contribution in [-0.4, -0.2) is 31.9 Å². The molecule has 0 saturated carbocycles. The van der Waals surface area contributed by atoms with Crippen LogP contribution in [0.5, 0.6) is 5.75 Å². The number of aromatic hydroxyl groups is 1. The van der Waals surface area contributed by atoms with Gasteiger partial charge in [-0.05, 0) is 12.1 Å². The summed E-state index contributed by atoms with van der Waals surface area (Å²) in [5.41, 5.74) is -0.202. The molecule has 7 heteroatoms. The van der Waals surface area contributed by atoms with Gasteiger partial charge in [0.2, 0.25) is 5.69 Å². The molecular weight excluding hydrogens is 236 g/mol. The average molecular weight is 243 g/mol. The fourth-order valence-corrected chi connectivity index (χ4v) is 1.44. The molecule has 0 atom stereocenters. The van der Waals surface area contributed by atoms with E-state index in [-0.39, 0.29) is 16.4 Å². The van der Waals surface area contributed by atoms with E-state index in [0.717, 1.165) is 0 Å². The van der Waals surface area contributed by atoms with Gasteiger partial charge in [-0.3, -0.25) is 0 Å². The first kappa shape index (κ1) is 12.2. The fourth-order valence-electron chi connectivity index (χ4n) is 1.23. The molecule has 0 bridgehead atoms. The topological polar surface area (TPSA) is 115 Å². The van der Waals surface area contributed by atoms with E-state index >= 15 is 0 Å². The molecule has 2 aromatic rings. The quantitative estimate of drug-likeness (QED) is 0.770. The summed E-state index contributed by atoms with van der Waals surface area (Å²) in [4.78, 5) is 10.7. The van der Waals surface area contributed by atoms with Crippen molar-refractivity contribution < 1.29 is 20.5 Å². The molecule has 0 aliphatic heterocycles. The van der Waals surface area contributed by atoms with Gasteiger partial charge in [0.15, 0.2) is 5.75 Å². The second-order valence-corrected chi connectivity index (χ2v) is 3.25. The molecular formula is C9H7ClN2O4. The van der Waals surface area contributed by atoms with Gasteiger partial charge in [-0.1, -0.05) is 17.7 Å². The standard InChI is InChI=1S/C9H5ClN2O3.H2O/c10-5-3-1-2-4-6(5)11-12-7(8(4)13)9(14)15;/h1-3H,(H,11,13)(H,14,15);1H2. The number of aromatic nitrogens is 2. The van der Waals surface area contributed by atoms with E-state index in [1.165, 1.54) is 6.07 Å². The largest absolute Gasteiger partial charge is 0.505 e. The Morgan fingerprint density at radius 1 is 1.31 bits per heavy atom. The third kappa shape index (κ3) is 1.75. The SMILES string of the molecule is O.O=C(O)c1nnc2c(Cl)cccc2c1O. The number of nitrogens with zero attached hydrogens (tertiary/aromatic N) is 2. The zero-order valence-corrected chi connectivity index (χ0v) is 8.56. The number of hydrogen-bond acceptors (Lipinski definition) is 4. The Morgan fingerprint density at radius 3 is 2.62 bits per heavy atom. The zero-order chi connectivity index (χ0) is 11.0. The highest BCUT2D eigenvalue weighted by Crippen LogP contribution is 2.29. The monoisotopic (exact) mass is 242 g/mol. The fraction of sp³-hybridized carbons (Fsp3) is 0. The van der Waals surface area contributed by atoms with Gasteiger partial charge in [0.25, 0.3) is 0 Å². The van der Waals surface area contributed by atoms with Crippen LogP contribution < -0.4 is 0 Å². The molecule has 0 aliphatic carbocycles. The smallest absolute Gasteiger partial charge is 0.360 e. The van der Waals surface area contributed by atoms with Gasteiger partial charge < -0.3 is 15.7 Å². The van der Waals surface area contributed by atoms with Gasteiger partial charge in [0, 0.05) is 5.39 Å². The van der Waals surface area contributed by atoms with E-state index < -0.39 is 17.4 Å². The lowest BCUT2D eigenvalue weighted by molar-refractivity contribution is 0.0686. The van der Waals surface area contributed by atoms with Gasteiger partial charge >= 0.3 is 5.97 Å². The first-order chi connectivity index (χ1) is 7.11. The minimum absolute atomic E-state index is 0. The molecule has 16 heavy (non-hydrogen) atoms. The van der Waals surface area contributed by atoms with E-state index in [0.29, 0.717) is 5.02 Å². The highest BCUT2D eigenvalue weighted by atomic mass is 35.5. The summed E-state index contributed by atoms with van der Waals surface area (Å²) in [5.74, 6) is -1.75. The summed E-state index contributed by atoms with van der Waals surface area (Å²) >= 11 is 5.80. The summed E-state index contributed by atoms with van der Waals surface area (Å²) < 4.78 is 0. The number of halogens is 1. The van der Waals surface area contributed by atoms with E-state index in [9.17, 15) is 9.90 Å². The van der Waals surface area contributed by atoms with Crippen LogP contribution >= 0.6 is 11.6 Å². The van der Waals surface area contributed by atoms with Crippen LogP contribution in [0.1, 0.15) is 10.5 Å². The third-order valence-corrected chi connectivity index (χ3v) is 2.22. The van der Waals surface area contributed by atoms with Gasteiger partial charge in [-0.25, -0.2) is 4.79 Å². The van der Waals surface area contributed by atoms with Crippen molar-refractivity contribution in [3.05, 3.63) is 28.9 Å². The number of carboxylic acids is 1. The Balaban J connectivity index is 0.00000128. The van der Waals surface area contributed by atoms with Crippen LogP contribution in [0.2, 0.25) is 5.02 Å². The van der Waals surface area contributed by atoms with Gasteiger partial charge in [-0.2, -0.15) is 0 Å². The number of carboxylic acid groups (broad SMARTS) is 1. The average Bonchev–Trinajstić information content (AvgIpc) is 2.19. The first-order valence-corrected chi connectivity index (χ1v) is 4.36.